The monoisotopic (exact) mass is 311 g/mol. The van der Waals surface area contributed by atoms with Gasteiger partial charge in [0.15, 0.2) is 0 Å². The number of nitrogens with one attached hydrogen (secondary N) is 1. The highest BCUT2D eigenvalue weighted by atomic mass is 16.2. The fourth-order valence-corrected chi connectivity index (χ4v) is 2.48. The lowest BCUT2D eigenvalue weighted by molar-refractivity contribution is -0.129. The minimum absolute atomic E-state index is 0.163. The third-order valence-electron chi connectivity index (χ3n) is 3.95. The van der Waals surface area contributed by atoms with Crippen LogP contribution in [0, 0.1) is 13.8 Å². The van der Waals surface area contributed by atoms with Crippen LogP contribution in [0.1, 0.15) is 23.1 Å². The zero-order valence-electron chi connectivity index (χ0n) is 14.2. The van der Waals surface area contributed by atoms with E-state index in [1.807, 2.05) is 19.2 Å². The summed E-state index contributed by atoms with van der Waals surface area (Å²) < 4.78 is 0. The van der Waals surface area contributed by atoms with E-state index in [2.05, 4.69) is 42.3 Å². The molecule has 1 amide bonds. The number of amides is 1. The number of carbonyl (C=O) groups is 1. The number of likely N-dealkylation sites (N-methyl/N-ethyl adjacent to an activating group) is 1. The number of aromatic nitrogens is 1. The van der Waals surface area contributed by atoms with Crippen LogP contribution in [0.15, 0.2) is 42.7 Å². The fourth-order valence-electron chi connectivity index (χ4n) is 2.48. The van der Waals surface area contributed by atoms with E-state index in [4.69, 9.17) is 0 Å². The largest absolute Gasteiger partial charge is 0.384 e. The molecule has 0 aliphatic heterocycles. The predicted molar refractivity (Wildman–Crippen MR) is 94.6 cm³/mol. The molecule has 1 N–H and O–H groups in total. The Morgan fingerprint density at radius 1 is 1.17 bits per heavy atom. The van der Waals surface area contributed by atoms with Gasteiger partial charge in [-0.15, -0.1) is 0 Å². The van der Waals surface area contributed by atoms with Crippen molar-refractivity contribution < 1.29 is 4.79 Å². The highest BCUT2D eigenvalue weighted by molar-refractivity contribution is 5.76. The molecule has 1 aromatic heterocycles. The third-order valence-corrected chi connectivity index (χ3v) is 3.95. The lowest BCUT2D eigenvalue weighted by Crippen LogP contribution is -2.30. The molecule has 4 heteroatoms. The van der Waals surface area contributed by atoms with Gasteiger partial charge in [-0.3, -0.25) is 9.78 Å². The van der Waals surface area contributed by atoms with Crippen LogP contribution in [-0.4, -0.2) is 35.9 Å². The van der Waals surface area contributed by atoms with E-state index < -0.39 is 0 Å². The number of aryl methyl sites for hydroxylation is 2. The molecule has 0 saturated heterocycles. The normalized spacial score (nSPS) is 10.4. The Labute approximate surface area is 138 Å². The zero-order valence-corrected chi connectivity index (χ0v) is 14.2. The summed E-state index contributed by atoms with van der Waals surface area (Å²) in [4.78, 5) is 18.0. The van der Waals surface area contributed by atoms with Gasteiger partial charge in [-0.2, -0.15) is 0 Å². The summed E-state index contributed by atoms with van der Waals surface area (Å²) >= 11 is 0. The Balaban J connectivity index is 1.73. The molecule has 23 heavy (non-hydrogen) atoms. The van der Waals surface area contributed by atoms with Crippen molar-refractivity contribution in [1.29, 1.82) is 0 Å². The average Bonchev–Trinajstić information content (AvgIpc) is 2.55. The molecular formula is C19H25N3O. The highest BCUT2D eigenvalue weighted by Gasteiger charge is 2.08. The van der Waals surface area contributed by atoms with Crippen LogP contribution in [0.4, 0.5) is 5.69 Å². The van der Waals surface area contributed by atoms with Gasteiger partial charge < -0.3 is 10.2 Å². The molecule has 0 saturated carbocycles. The first kappa shape index (κ1) is 17.0. The van der Waals surface area contributed by atoms with Gasteiger partial charge in [0.25, 0.3) is 0 Å². The van der Waals surface area contributed by atoms with Gasteiger partial charge in [-0.25, -0.2) is 0 Å². The lowest BCUT2D eigenvalue weighted by Gasteiger charge is -2.18. The number of anilines is 1. The summed E-state index contributed by atoms with van der Waals surface area (Å²) in [5.41, 5.74) is 4.76. The van der Waals surface area contributed by atoms with Crippen molar-refractivity contribution in [2.45, 2.75) is 26.7 Å². The van der Waals surface area contributed by atoms with Crippen molar-refractivity contribution in [1.82, 2.24) is 9.88 Å². The summed E-state index contributed by atoms with van der Waals surface area (Å²) in [7, 11) is 1.86. The topological polar surface area (TPSA) is 45.2 Å². The zero-order chi connectivity index (χ0) is 16.7. The van der Waals surface area contributed by atoms with Gasteiger partial charge in [-0.05, 0) is 49.6 Å². The molecule has 1 heterocycles. The summed E-state index contributed by atoms with van der Waals surface area (Å²) in [6, 6.07) is 10.3. The summed E-state index contributed by atoms with van der Waals surface area (Å²) in [6.45, 7) is 5.55. The van der Waals surface area contributed by atoms with Crippen LogP contribution < -0.4 is 5.32 Å². The molecule has 0 aliphatic carbocycles. The maximum atomic E-state index is 12.2. The van der Waals surface area contributed by atoms with Crippen molar-refractivity contribution in [2.24, 2.45) is 0 Å². The van der Waals surface area contributed by atoms with Crippen LogP contribution in [-0.2, 0) is 11.2 Å². The maximum absolute atomic E-state index is 12.2. The van der Waals surface area contributed by atoms with E-state index in [0.29, 0.717) is 13.0 Å². The summed E-state index contributed by atoms with van der Waals surface area (Å²) in [5, 5.41) is 3.34. The maximum Gasteiger partial charge on any atom is 0.224 e. The first-order valence-electron chi connectivity index (χ1n) is 8.00. The van der Waals surface area contributed by atoms with Crippen molar-refractivity contribution >= 4 is 11.6 Å². The summed E-state index contributed by atoms with van der Waals surface area (Å²) in [5.74, 6) is 0.163. The molecule has 0 atom stereocenters. The number of rotatable bonds is 7. The SMILES string of the molecule is Cc1ccc(NCCC(=O)N(C)CCc2ccncc2)c(C)c1. The number of benzene rings is 1. The molecule has 0 radical (unpaired) electrons. The van der Waals surface area contributed by atoms with Crippen LogP contribution in [0.3, 0.4) is 0 Å². The van der Waals surface area contributed by atoms with Gasteiger partial charge in [-0.1, -0.05) is 17.7 Å². The quantitative estimate of drug-likeness (QED) is 0.854. The minimum atomic E-state index is 0.163. The number of carbonyl (C=O) groups excluding carboxylic acids is 1. The molecule has 2 rings (SSSR count). The molecule has 0 unspecified atom stereocenters. The molecule has 4 nitrogen and oxygen atoms in total. The van der Waals surface area contributed by atoms with E-state index in [-0.39, 0.29) is 5.91 Å². The predicted octanol–water partition coefficient (Wildman–Crippen LogP) is 3.20. The van der Waals surface area contributed by atoms with E-state index in [0.717, 1.165) is 18.7 Å². The van der Waals surface area contributed by atoms with Crippen molar-refractivity contribution in [2.75, 3.05) is 25.5 Å². The van der Waals surface area contributed by atoms with E-state index in [9.17, 15) is 4.79 Å². The van der Waals surface area contributed by atoms with Crippen LogP contribution in [0.5, 0.6) is 0 Å². The molecule has 122 valence electrons. The number of nitrogens with zero attached hydrogens (tertiary/aromatic N) is 2. The molecule has 1 aromatic carbocycles. The second-order valence-electron chi connectivity index (χ2n) is 5.92. The molecule has 0 spiro atoms. The fraction of sp³-hybridized carbons (Fsp3) is 0.368. The van der Waals surface area contributed by atoms with Crippen LogP contribution in [0.25, 0.3) is 0 Å². The van der Waals surface area contributed by atoms with E-state index in [1.54, 1.807) is 17.3 Å². The Hall–Kier alpha value is -2.36. The number of pyridine rings is 1. The van der Waals surface area contributed by atoms with Crippen molar-refractivity contribution in [3.8, 4) is 0 Å². The van der Waals surface area contributed by atoms with Gasteiger partial charge in [0.05, 0.1) is 0 Å². The molecule has 0 bridgehead atoms. The molecule has 2 aromatic rings. The van der Waals surface area contributed by atoms with Gasteiger partial charge >= 0.3 is 0 Å². The van der Waals surface area contributed by atoms with Crippen LogP contribution >= 0.6 is 0 Å². The lowest BCUT2D eigenvalue weighted by atomic mass is 10.1. The second-order valence-corrected chi connectivity index (χ2v) is 5.92. The Morgan fingerprint density at radius 2 is 1.91 bits per heavy atom. The Kier molecular flexibility index (Phi) is 6.15. The second kappa shape index (κ2) is 8.32. The molecule has 0 fully saturated rings. The average molecular weight is 311 g/mol. The highest BCUT2D eigenvalue weighted by Crippen LogP contribution is 2.15. The van der Waals surface area contributed by atoms with Gasteiger partial charge in [0, 0.05) is 44.6 Å². The van der Waals surface area contributed by atoms with E-state index >= 15 is 0 Å². The van der Waals surface area contributed by atoms with Crippen molar-refractivity contribution in [3.05, 3.63) is 59.4 Å². The van der Waals surface area contributed by atoms with Gasteiger partial charge in [0.2, 0.25) is 5.91 Å². The third kappa shape index (κ3) is 5.40. The smallest absolute Gasteiger partial charge is 0.224 e. The number of hydrogen-bond donors (Lipinski definition) is 1. The Morgan fingerprint density at radius 3 is 2.61 bits per heavy atom. The van der Waals surface area contributed by atoms with Crippen LogP contribution in [0.2, 0.25) is 0 Å². The summed E-state index contributed by atoms with van der Waals surface area (Å²) in [6.07, 6.45) is 4.92. The first-order valence-corrected chi connectivity index (χ1v) is 8.00. The number of hydrogen-bond acceptors (Lipinski definition) is 3. The van der Waals surface area contributed by atoms with Gasteiger partial charge in [0.1, 0.15) is 0 Å². The Bertz CT molecular complexity index is 640. The molecule has 0 aliphatic rings. The van der Waals surface area contributed by atoms with Crippen molar-refractivity contribution in [3.63, 3.8) is 0 Å². The van der Waals surface area contributed by atoms with E-state index in [1.165, 1.54) is 16.7 Å². The standard InChI is InChI=1S/C19H25N3O/c1-15-4-5-18(16(2)14-15)21-12-8-19(23)22(3)13-9-17-6-10-20-11-7-17/h4-7,10-11,14,21H,8-9,12-13H2,1-3H3. The molecular weight excluding hydrogens is 286 g/mol. The minimum Gasteiger partial charge on any atom is -0.384 e. The first-order chi connectivity index (χ1) is 11.1.